The number of ether oxygens (including phenoxy) is 1. The van der Waals surface area contributed by atoms with Crippen LogP contribution in [0.15, 0.2) is 0 Å². The van der Waals surface area contributed by atoms with Crippen molar-refractivity contribution < 1.29 is 18.8 Å². The topological polar surface area (TPSA) is 56.8 Å². The molecular weight excluding hydrogens is 281 g/mol. The van der Waals surface area contributed by atoms with Crippen LogP contribution in [0.2, 0.25) is 6.32 Å². The van der Waals surface area contributed by atoms with Crippen LogP contribution in [0.5, 0.6) is 0 Å². The highest BCUT2D eigenvalue weighted by Gasteiger charge is 2.50. The van der Waals surface area contributed by atoms with E-state index in [9.17, 15) is 4.79 Å². The van der Waals surface area contributed by atoms with E-state index in [0.717, 1.165) is 45.0 Å². The van der Waals surface area contributed by atoms with Crippen LogP contribution in [0.25, 0.3) is 0 Å². The maximum absolute atomic E-state index is 11.9. The van der Waals surface area contributed by atoms with Gasteiger partial charge in [-0.1, -0.05) is 12.8 Å². The molecule has 1 atom stereocenters. The van der Waals surface area contributed by atoms with E-state index in [1.54, 1.807) is 0 Å². The minimum Gasteiger partial charge on any atom is -0.465 e. The summed E-state index contributed by atoms with van der Waals surface area (Å²) in [4.78, 5) is 11.9. The summed E-state index contributed by atoms with van der Waals surface area (Å²) in [5, 5.41) is 3.21. The minimum atomic E-state index is -0.267. The van der Waals surface area contributed by atoms with Gasteiger partial charge in [-0.2, -0.15) is 0 Å². The number of piperidine rings is 1. The zero-order valence-corrected chi connectivity index (χ0v) is 14.4. The molecule has 2 rings (SSSR count). The molecule has 2 saturated heterocycles. The van der Waals surface area contributed by atoms with Gasteiger partial charge in [0.15, 0.2) is 0 Å². The first-order valence-corrected chi connectivity index (χ1v) is 8.57. The molecule has 2 heterocycles. The van der Waals surface area contributed by atoms with Crippen molar-refractivity contribution in [3.63, 3.8) is 0 Å². The number of hydrogen-bond donors (Lipinski definition) is 1. The van der Waals surface area contributed by atoms with Gasteiger partial charge >= 0.3 is 13.1 Å². The van der Waals surface area contributed by atoms with Gasteiger partial charge in [-0.05, 0) is 59.8 Å². The lowest BCUT2D eigenvalue weighted by Gasteiger charge is -2.32. The van der Waals surface area contributed by atoms with Crippen LogP contribution in [-0.4, -0.2) is 43.5 Å². The minimum absolute atomic E-state index is 0.100. The fraction of sp³-hybridized carbons (Fsp3) is 0.938. The number of unbranched alkanes of at least 4 members (excludes halogenated alkanes) is 1. The molecular formula is C16H30BNO4. The van der Waals surface area contributed by atoms with Crippen molar-refractivity contribution in [3.05, 3.63) is 0 Å². The van der Waals surface area contributed by atoms with E-state index in [4.69, 9.17) is 14.0 Å². The number of rotatable bonds is 6. The van der Waals surface area contributed by atoms with Crippen LogP contribution in [0.3, 0.4) is 0 Å². The van der Waals surface area contributed by atoms with Gasteiger partial charge in [-0.15, -0.1) is 0 Å². The SMILES string of the molecule is CC1(C)OB(CCCCOC(=O)C2CCCCN2)OC1(C)C. The Kier molecular flexibility index (Phi) is 5.91. The lowest BCUT2D eigenvalue weighted by Crippen LogP contribution is -2.41. The molecule has 1 unspecified atom stereocenters. The third-order valence-corrected chi connectivity index (χ3v) is 4.98. The predicted molar refractivity (Wildman–Crippen MR) is 86.7 cm³/mol. The van der Waals surface area contributed by atoms with E-state index >= 15 is 0 Å². The molecule has 2 aliphatic rings. The summed E-state index contributed by atoms with van der Waals surface area (Å²) in [6.45, 7) is 9.65. The average molecular weight is 311 g/mol. The van der Waals surface area contributed by atoms with Gasteiger partial charge in [0.05, 0.1) is 17.8 Å². The van der Waals surface area contributed by atoms with Crippen LogP contribution in [0.1, 0.15) is 59.8 Å². The lowest BCUT2D eigenvalue weighted by atomic mass is 9.82. The zero-order valence-electron chi connectivity index (χ0n) is 14.4. The van der Waals surface area contributed by atoms with Gasteiger partial charge in [0.1, 0.15) is 6.04 Å². The van der Waals surface area contributed by atoms with Gasteiger partial charge < -0.3 is 19.4 Å². The highest BCUT2D eigenvalue weighted by molar-refractivity contribution is 6.45. The summed E-state index contributed by atoms with van der Waals surface area (Å²) in [5.74, 6) is -0.102. The molecule has 6 heteroatoms. The van der Waals surface area contributed by atoms with Gasteiger partial charge in [0.2, 0.25) is 0 Å². The lowest BCUT2D eigenvalue weighted by molar-refractivity contribution is -0.146. The van der Waals surface area contributed by atoms with Crippen LogP contribution in [0, 0.1) is 0 Å². The first-order chi connectivity index (χ1) is 10.3. The molecule has 0 bridgehead atoms. The van der Waals surface area contributed by atoms with Crippen molar-refractivity contribution in [2.75, 3.05) is 13.2 Å². The average Bonchev–Trinajstić information content (AvgIpc) is 2.67. The quantitative estimate of drug-likeness (QED) is 0.464. The Morgan fingerprint density at radius 2 is 1.86 bits per heavy atom. The molecule has 0 amide bonds. The molecule has 0 aliphatic carbocycles. The summed E-state index contributed by atoms with van der Waals surface area (Å²) >= 11 is 0. The largest absolute Gasteiger partial charge is 0.465 e. The Hall–Kier alpha value is -0.585. The van der Waals surface area contributed by atoms with Crippen molar-refractivity contribution in [3.8, 4) is 0 Å². The van der Waals surface area contributed by atoms with Crippen molar-refractivity contribution in [2.45, 2.75) is 83.4 Å². The number of esters is 1. The van der Waals surface area contributed by atoms with Crippen molar-refractivity contribution in [2.24, 2.45) is 0 Å². The maximum Gasteiger partial charge on any atom is 0.457 e. The molecule has 0 aromatic carbocycles. The van der Waals surface area contributed by atoms with Crippen LogP contribution in [0.4, 0.5) is 0 Å². The highest BCUT2D eigenvalue weighted by Crippen LogP contribution is 2.38. The second kappa shape index (κ2) is 7.32. The molecule has 126 valence electrons. The van der Waals surface area contributed by atoms with Crippen molar-refractivity contribution in [1.82, 2.24) is 5.32 Å². The third kappa shape index (κ3) is 4.46. The van der Waals surface area contributed by atoms with Crippen molar-refractivity contribution >= 4 is 13.1 Å². The number of carbonyl (C=O) groups is 1. The van der Waals surface area contributed by atoms with E-state index in [-0.39, 0.29) is 30.3 Å². The standard InChI is InChI=1S/C16H30BNO4/c1-15(2)16(3,4)22-17(21-15)10-6-8-12-20-14(19)13-9-5-7-11-18-13/h13,18H,5-12H2,1-4H3. The summed E-state index contributed by atoms with van der Waals surface area (Å²) in [5.41, 5.74) is -0.534. The third-order valence-electron chi connectivity index (χ3n) is 4.98. The monoisotopic (exact) mass is 311 g/mol. The van der Waals surface area contributed by atoms with E-state index < -0.39 is 0 Å². The summed E-state index contributed by atoms with van der Waals surface area (Å²) < 4.78 is 17.2. The van der Waals surface area contributed by atoms with E-state index in [2.05, 4.69) is 33.0 Å². The van der Waals surface area contributed by atoms with Crippen molar-refractivity contribution in [1.29, 1.82) is 0 Å². The molecule has 22 heavy (non-hydrogen) atoms. The Morgan fingerprint density at radius 1 is 1.18 bits per heavy atom. The normalized spacial score (nSPS) is 26.9. The predicted octanol–water partition coefficient (Wildman–Crippen LogP) is 2.54. The molecule has 2 aliphatic heterocycles. The molecule has 1 N–H and O–H groups in total. The van der Waals surface area contributed by atoms with Gasteiger partial charge in [-0.25, -0.2) is 0 Å². The first-order valence-electron chi connectivity index (χ1n) is 8.57. The molecule has 0 aromatic heterocycles. The number of nitrogens with one attached hydrogen (secondary N) is 1. The number of hydrogen-bond acceptors (Lipinski definition) is 5. The molecule has 0 radical (unpaired) electrons. The summed E-state index contributed by atoms with van der Waals surface area (Å²) in [7, 11) is -0.152. The Labute approximate surface area is 134 Å². The first kappa shape index (κ1) is 17.8. The summed E-state index contributed by atoms with van der Waals surface area (Å²) in [6, 6.07) is -0.100. The van der Waals surface area contributed by atoms with Gasteiger partial charge in [-0.3, -0.25) is 4.79 Å². The second-order valence-electron chi connectivity index (χ2n) is 7.35. The molecule has 0 aromatic rings. The molecule has 0 saturated carbocycles. The fourth-order valence-electron chi connectivity index (χ4n) is 2.82. The molecule has 5 nitrogen and oxygen atoms in total. The smallest absolute Gasteiger partial charge is 0.457 e. The van der Waals surface area contributed by atoms with E-state index in [1.165, 1.54) is 0 Å². The van der Waals surface area contributed by atoms with Crippen LogP contribution >= 0.6 is 0 Å². The van der Waals surface area contributed by atoms with Crippen LogP contribution in [-0.2, 0) is 18.8 Å². The maximum atomic E-state index is 11.9. The fourth-order valence-corrected chi connectivity index (χ4v) is 2.82. The van der Waals surface area contributed by atoms with E-state index in [0.29, 0.717) is 6.61 Å². The van der Waals surface area contributed by atoms with Gasteiger partial charge in [0.25, 0.3) is 0 Å². The van der Waals surface area contributed by atoms with Gasteiger partial charge in [0, 0.05) is 0 Å². The second-order valence-corrected chi connectivity index (χ2v) is 7.35. The highest BCUT2D eigenvalue weighted by atomic mass is 16.7. The molecule has 0 spiro atoms. The van der Waals surface area contributed by atoms with Crippen LogP contribution < -0.4 is 5.32 Å². The Balaban J connectivity index is 1.57. The Morgan fingerprint density at radius 3 is 2.45 bits per heavy atom. The molecule has 2 fully saturated rings. The zero-order chi connectivity index (χ0) is 16.2. The Bertz CT molecular complexity index is 364. The summed E-state index contributed by atoms with van der Waals surface area (Å²) in [6.07, 6.45) is 5.77. The van der Waals surface area contributed by atoms with E-state index in [1.807, 2.05) is 0 Å². The number of carbonyl (C=O) groups excluding carboxylic acids is 1.